The largest absolute Gasteiger partial charge is 0.468 e. The molecule has 1 aromatic carbocycles. The molecule has 0 aromatic heterocycles. The zero-order chi connectivity index (χ0) is 17.8. The van der Waals surface area contributed by atoms with Gasteiger partial charge in [0.1, 0.15) is 6.10 Å². The van der Waals surface area contributed by atoms with Crippen LogP contribution in [0.25, 0.3) is 0 Å². The van der Waals surface area contributed by atoms with Crippen molar-refractivity contribution in [3.8, 4) is 0 Å². The molecular formula is C16H23NO5S2. The third-order valence-electron chi connectivity index (χ3n) is 3.58. The van der Waals surface area contributed by atoms with Gasteiger partial charge >= 0.3 is 0 Å². The van der Waals surface area contributed by atoms with Gasteiger partial charge in [-0.2, -0.15) is 0 Å². The first kappa shape index (κ1) is 18.8. The maximum Gasteiger partial charge on any atom is 0.218 e. The molecule has 0 bridgehead atoms. The minimum absolute atomic E-state index is 0.147. The van der Waals surface area contributed by atoms with E-state index in [2.05, 4.69) is 5.32 Å². The molecule has 1 aliphatic heterocycles. The summed E-state index contributed by atoms with van der Waals surface area (Å²) < 4.78 is 55.2. The predicted octanol–water partition coefficient (Wildman–Crippen LogP) is 2.12. The van der Waals surface area contributed by atoms with E-state index in [0.717, 1.165) is 5.56 Å². The second-order valence-electron chi connectivity index (χ2n) is 5.65. The van der Waals surface area contributed by atoms with Crippen LogP contribution >= 0.6 is 0 Å². The van der Waals surface area contributed by atoms with Crippen molar-refractivity contribution in [1.82, 2.24) is 5.32 Å². The maximum absolute atomic E-state index is 12.5. The highest BCUT2D eigenvalue weighted by Gasteiger charge is 2.37. The fourth-order valence-electron chi connectivity index (χ4n) is 2.58. The van der Waals surface area contributed by atoms with Gasteiger partial charge in [0.15, 0.2) is 19.7 Å². The van der Waals surface area contributed by atoms with Crippen LogP contribution < -0.4 is 5.32 Å². The van der Waals surface area contributed by atoms with Gasteiger partial charge in [-0.15, -0.1) is 0 Å². The van der Waals surface area contributed by atoms with E-state index in [0.29, 0.717) is 19.4 Å². The van der Waals surface area contributed by atoms with E-state index in [9.17, 15) is 16.8 Å². The van der Waals surface area contributed by atoms with Crippen molar-refractivity contribution in [1.29, 1.82) is 0 Å². The summed E-state index contributed by atoms with van der Waals surface area (Å²) in [5, 5.41) is 2.83. The molecule has 0 saturated carbocycles. The number of hydrogen-bond donors (Lipinski definition) is 1. The number of nitrogens with one attached hydrogen (secondary N) is 1. The van der Waals surface area contributed by atoms with Crippen LogP contribution in [0.5, 0.6) is 0 Å². The molecule has 1 saturated heterocycles. The lowest BCUT2D eigenvalue weighted by Gasteiger charge is -2.13. The molecule has 1 aliphatic rings. The lowest BCUT2D eigenvalue weighted by Crippen LogP contribution is -2.24. The van der Waals surface area contributed by atoms with Gasteiger partial charge in [0.2, 0.25) is 10.1 Å². The molecule has 0 amide bonds. The first-order valence-corrected chi connectivity index (χ1v) is 11.3. The number of ether oxygens (including phenoxy) is 1. The van der Waals surface area contributed by atoms with E-state index in [1.807, 2.05) is 30.3 Å². The molecule has 1 N–H and O–H groups in total. The smallest absolute Gasteiger partial charge is 0.218 e. The summed E-state index contributed by atoms with van der Waals surface area (Å²) in [5.41, 5.74) is 0.861. The van der Waals surface area contributed by atoms with Gasteiger partial charge in [0.05, 0.1) is 18.1 Å². The number of sulfone groups is 2. The van der Waals surface area contributed by atoms with E-state index in [-0.39, 0.29) is 17.4 Å². The molecule has 0 spiro atoms. The Morgan fingerprint density at radius 1 is 1.04 bits per heavy atom. The van der Waals surface area contributed by atoms with Crippen molar-refractivity contribution >= 4 is 19.7 Å². The van der Waals surface area contributed by atoms with Crippen LogP contribution in [0.2, 0.25) is 0 Å². The molecule has 8 heteroatoms. The first-order chi connectivity index (χ1) is 11.3. The normalized spacial score (nSPS) is 18.1. The Labute approximate surface area is 143 Å². The van der Waals surface area contributed by atoms with Crippen LogP contribution in [0.1, 0.15) is 38.4 Å². The van der Waals surface area contributed by atoms with Crippen molar-refractivity contribution in [3.63, 3.8) is 0 Å². The second-order valence-corrected chi connectivity index (χ2v) is 10.0. The van der Waals surface area contributed by atoms with Crippen molar-refractivity contribution in [2.75, 3.05) is 18.1 Å². The molecule has 1 unspecified atom stereocenters. The van der Waals surface area contributed by atoms with Crippen LogP contribution in [-0.4, -0.2) is 34.9 Å². The van der Waals surface area contributed by atoms with E-state index in [1.54, 1.807) is 13.8 Å². The molecule has 6 nitrogen and oxygen atoms in total. The Morgan fingerprint density at radius 3 is 2.08 bits per heavy atom. The van der Waals surface area contributed by atoms with E-state index < -0.39 is 30.0 Å². The Kier molecular flexibility index (Phi) is 5.92. The molecule has 1 atom stereocenters. The van der Waals surface area contributed by atoms with Crippen LogP contribution in [0.3, 0.4) is 0 Å². The summed E-state index contributed by atoms with van der Waals surface area (Å²) in [6.45, 7) is 3.72. The zero-order valence-electron chi connectivity index (χ0n) is 13.9. The van der Waals surface area contributed by atoms with Gasteiger partial charge in [-0.25, -0.2) is 16.8 Å². The minimum Gasteiger partial charge on any atom is -0.468 e. The number of rotatable bonds is 7. The highest BCUT2D eigenvalue weighted by atomic mass is 32.3. The molecule has 134 valence electrons. The summed E-state index contributed by atoms with van der Waals surface area (Å²) in [4.78, 5) is 0. The standard InChI is InChI=1S/C16H23NO5S2/c1-3-10-23(18,19)16(24(20,21)11-4-2)15-17-12-14(22-15)13-8-6-5-7-9-13/h5-9,14,17H,3-4,10-12H2,1-2H3. The predicted molar refractivity (Wildman–Crippen MR) is 93.5 cm³/mol. The highest BCUT2D eigenvalue weighted by molar-refractivity contribution is 8.14. The van der Waals surface area contributed by atoms with Gasteiger partial charge in [-0.05, 0) is 18.4 Å². The molecule has 24 heavy (non-hydrogen) atoms. The molecule has 2 rings (SSSR count). The van der Waals surface area contributed by atoms with Crippen LogP contribution in [0, 0.1) is 0 Å². The molecule has 1 heterocycles. The Hall–Kier alpha value is -1.54. The number of benzene rings is 1. The Balaban J connectivity index is 2.46. The summed E-state index contributed by atoms with van der Waals surface area (Å²) >= 11 is 0. The van der Waals surface area contributed by atoms with Gasteiger partial charge in [-0.3, -0.25) is 0 Å². The Bertz CT molecular complexity index is 760. The quantitative estimate of drug-likeness (QED) is 0.787. The average Bonchev–Trinajstić information content (AvgIpc) is 2.96. The summed E-state index contributed by atoms with van der Waals surface area (Å²) in [5.74, 6) is -0.600. The van der Waals surface area contributed by atoms with E-state index in [4.69, 9.17) is 4.74 Å². The lowest BCUT2D eigenvalue weighted by atomic mass is 10.1. The van der Waals surface area contributed by atoms with Crippen LogP contribution in [0.4, 0.5) is 0 Å². The van der Waals surface area contributed by atoms with Crippen molar-refractivity contribution in [3.05, 3.63) is 46.0 Å². The fraction of sp³-hybridized carbons (Fsp3) is 0.500. The van der Waals surface area contributed by atoms with Crippen molar-refractivity contribution in [2.24, 2.45) is 0 Å². The van der Waals surface area contributed by atoms with Gasteiger partial charge < -0.3 is 10.1 Å². The first-order valence-electron chi connectivity index (χ1n) is 7.97. The fourth-order valence-corrected chi connectivity index (χ4v) is 6.88. The van der Waals surface area contributed by atoms with Gasteiger partial charge in [0.25, 0.3) is 0 Å². The van der Waals surface area contributed by atoms with Crippen LogP contribution in [-0.2, 0) is 24.4 Å². The summed E-state index contributed by atoms with van der Waals surface area (Å²) in [7, 11) is -7.87. The molecule has 1 fully saturated rings. The summed E-state index contributed by atoms with van der Waals surface area (Å²) in [6, 6.07) is 9.28. The van der Waals surface area contributed by atoms with Crippen LogP contribution in [0.15, 0.2) is 40.5 Å². The van der Waals surface area contributed by atoms with Crippen molar-refractivity contribution in [2.45, 2.75) is 32.8 Å². The van der Waals surface area contributed by atoms with E-state index in [1.165, 1.54) is 0 Å². The molecule has 0 aliphatic carbocycles. The zero-order valence-corrected chi connectivity index (χ0v) is 15.5. The third kappa shape index (κ3) is 4.10. The van der Waals surface area contributed by atoms with E-state index >= 15 is 0 Å². The van der Waals surface area contributed by atoms with Crippen molar-refractivity contribution < 1.29 is 21.6 Å². The topological polar surface area (TPSA) is 89.5 Å². The molecule has 1 aromatic rings. The van der Waals surface area contributed by atoms with Gasteiger partial charge in [0, 0.05) is 0 Å². The molecular weight excluding hydrogens is 350 g/mol. The number of hydrogen-bond acceptors (Lipinski definition) is 6. The van der Waals surface area contributed by atoms with Gasteiger partial charge in [-0.1, -0.05) is 44.2 Å². The summed E-state index contributed by atoms with van der Waals surface area (Å²) in [6.07, 6.45) is 0.260. The third-order valence-corrected chi connectivity index (χ3v) is 8.49. The SMILES string of the molecule is CCCS(=O)(=O)C(=C1NCC(c2ccccc2)O1)S(=O)(=O)CCC. The monoisotopic (exact) mass is 373 g/mol. The Morgan fingerprint density at radius 2 is 1.58 bits per heavy atom. The molecule has 0 radical (unpaired) electrons. The average molecular weight is 373 g/mol. The lowest BCUT2D eigenvalue weighted by molar-refractivity contribution is 0.170. The minimum atomic E-state index is -3.94. The highest BCUT2D eigenvalue weighted by Crippen LogP contribution is 2.30. The maximum atomic E-state index is 12.5. The second kappa shape index (κ2) is 7.57.